The minimum absolute atomic E-state index is 0.273. The Labute approximate surface area is 98.7 Å². The highest BCUT2D eigenvalue weighted by Crippen LogP contribution is 2.18. The summed E-state index contributed by atoms with van der Waals surface area (Å²) in [5.74, 6) is 0.273. The summed E-state index contributed by atoms with van der Waals surface area (Å²) in [6, 6.07) is 9.53. The van der Waals surface area contributed by atoms with E-state index in [1.165, 1.54) is 10.9 Å². The third kappa shape index (κ3) is 2.42. The molecular weight excluding hydrogens is 227 g/mol. The molecule has 0 saturated heterocycles. The van der Waals surface area contributed by atoms with Crippen molar-refractivity contribution >= 4 is 11.6 Å². The quantitative estimate of drug-likeness (QED) is 0.747. The Kier molecular flexibility index (Phi) is 3.57. The second-order valence-electron chi connectivity index (χ2n) is 3.55. The van der Waals surface area contributed by atoms with Crippen molar-refractivity contribution in [3.8, 4) is 0 Å². The summed E-state index contributed by atoms with van der Waals surface area (Å²) in [4.78, 5) is 3.89. The van der Waals surface area contributed by atoms with Gasteiger partial charge in [0.2, 0.25) is 0 Å². The van der Waals surface area contributed by atoms with Gasteiger partial charge in [-0.15, -0.1) is 11.6 Å². The van der Waals surface area contributed by atoms with Crippen LogP contribution in [-0.2, 0) is 12.3 Å². The number of halogens is 2. The Bertz CT molecular complexity index is 441. The summed E-state index contributed by atoms with van der Waals surface area (Å²) in [6.45, 7) is 0. The van der Waals surface area contributed by atoms with Crippen LogP contribution in [0, 0.1) is 0 Å². The van der Waals surface area contributed by atoms with Gasteiger partial charge in [-0.05, 0) is 5.56 Å². The number of rotatable bonds is 4. The number of imidazole rings is 1. The molecule has 0 amide bonds. The minimum atomic E-state index is -1.11. The standard InChI is InChI=1S/C12H12ClFN2/c13-7-11-8-15-9-16(11)12(14)6-10-4-2-1-3-5-10/h1-5,8-9,12H,6-7H2. The van der Waals surface area contributed by atoms with Crippen LogP contribution in [0.3, 0.4) is 0 Å². The summed E-state index contributed by atoms with van der Waals surface area (Å²) in [5.41, 5.74) is 1.66. The normalized spacial score (nSPS) is 12.6. The fourth-order valence-electron chi connectivity index (χ4n) is 1.59. The molecule has 0 saturated carbocycles. The zero-order valence-electron chi connectivity index (χ0n) is 8.68. The average molecular weight is 239 g/mol. The van der Waals surface area contributed by atoms with Crippen molar-refractivity contribution in [2.45, 2.75) is 18.6 Å². The lowest BCUT2D eigenvalue weighted by molar-refractivity contribution is 0.236. The number of benzene rings is 1. The lowest BCUT2D eigenvalue weighted by Gasteiger charge is -2.12. The Morgan fingerprint density at radius 2 is 2.06 bits per heavy atom. The minimum Gasteiger partial charge on any atom is -0.302 e. The van der Waals surface area contributed by atoms with E-state index in [-0.39, 0.29) is 5.88 Å². The van der Waals surface area contributed by atoms with Gasteiger partial charge in [0.15, 0.2) is 6.30 Å². The number of hydrogen-bond acceptors (Lipinski definition) is 1. The molecule has 2 rings (SSSR count). The molecule has 0 spiro atoms. The smallest absolute Gasteiger partial charge is 0.181 e. The van der Waals surface area contributed by atoms with Gasteiger partial charge in [-0.2, -0.15) is 0 Å². The average Bonchev–Trinajstić information content (AvgIpc) is 2.78. The van der Waals surface area contributed by atoms with Crippen LogP contribution in [-0.4, -0.2) is 9.55 Å². The molecule has 1 heterocycles. The van der Waals surface area contributed by atoms with Crippen LogP contribution >= 0.6 is 11.6 Å². The van der Waals surface area contributed by atoms with Crippen LogP contribution in [0.2, 0.25) is 0 Å². The molecule has 2 nitrogen and oxygen atoms in total. The van der Waals surface area contributed by atoms with Crippen molar-refractivity contribution in [1.29, 1.82) is 0 Å². The molecular formula is C12H12ClFN2. The fraction of sp³-hybridized carbons (Fsp3) is 0.250. The van der Waals surface area contributed by atoms with Gasteiger partial charge in [0.1, 0.15) is 0 Å². The molecule has 0 aliphatic carbocycles. The first-order valence-corrected chi connectivity index (χ1v) is 5.59. The van der Waals surface area contributed by atoms with E-state index in [4.69, 9.17) is 11.6 Å². The van der Waals surface area contributed by atoms with Crippen molar-refractivity contribution in [3.63, 3.8) is 0 Å². The lowest BCUT2D eigenvalue weighted by atomic mass is 10.1. The van der Waals surface area contributed by atoms with Crippen LogP contribution < -0.4 is 0 Å². The van der Waals surface area contributed by atoms with Crippen LogP contribution in [0.4, 0.5) is 4.39 Å². The molecule has 0 aliphatic heterocycles. The molecule has 0 radical (unpaired) electrons. The molecule has 0 N–H and O–H groups in total. The summed E-state index contributed by atoms with van der Waals surface area (Å²) >= 11 is 5.69. The maximum absolute atomic E-state index is 14.0. The highest BCUT2D eigenvalue weighted by molar-refractivity contribution is 6.16. The fourth-order valence-corrected chi connectivity index (χ4v) is 1.80. The predicted molar refractivity (Wildman–Crippen MR) is 62.1 cm³/mol. The second-order valence-corrected chi connectivity index (χ2v) is 3.82. The molecule has 1 unspecified atom stereocenters. The Morgan fingerprint density at radius 3 is 2.75 bits per heavy atom. The molecule has 1 atom stereocenters. The van der Waals surface area contributed by atoms with Crippen molar-refractivity contribution in [2.75, 3.05) is 0 Å². The summed E-state index contributed by atoms with van der Waals surface area (Å²) < 4.78 is 15.4. The molecule has 0 fully saturated rings. The van der Waals surface area contributed by atoms with Crippen molar-refractivity contribution in [2.24, 2.45) is 0 Å². The third-order valence-corrected chi connectivity index (χ3v) is 2.71. The van der Waals surface area contributed by atoms with Gasteiger partial charge in [-0.3, -0.25) is 0 Å². The predicted octanol–water partition coefficient (Wildman–Crippen LogP) is 3.33. The zero-order valence-corrected chi connectivity index (χ0v) is 9.44. The van der Waals surface area contributed by atoms with E-state index in [9.17, 15) is 4.39 Å². The van der Waals surface area contributed by atoms with Gasteiger partial charge in [0.25, 0.3) is 0 Å². The summed E-state index contributed by atoms with van der Waals surface area (Å²) in [6.07, 6.45) is 2.29. The van der Waals surface area contributed by atoms with E-state index < -0.39 is 6.30 Å². The van der Waals surface area contributed by atoms with Crippen LogP contribution in [0.5, 0.6) is 0 Å². The number of aromatic nitrogens is 2. The summed E-state index contributed by atoms with van der Waals surface area (Å²) in [7, 11) is 0. The molecule has 1 aromatic heterocycles. The number of alkyl halides is 2. The first-order valence-electron chi connectivity index (χ1n) is 5.06. The number of hydrogen-bond donors (Lipinski definition) is 0. The van der Waals surface area contributed by atoms with Crippen LogP contribution in [0.1, 0.15) is 17.6 Å². The van der Waals surface area contributed by atoms with E-state index >= 15 is 0 Å². The van der Waals surface area contributed by atoms with E-state index in [2.05, 4.69) is 4.98 Å². The lowest BCUT2D eigenvalue weighted by Crippen LogP contribution is -2.08. The van der Waals surface area contributed by atoms with Crippen molar-refractivity contribution in [1.82, 2.24) is 9.55 Å². The van der Waals surface area contributed by atoms with Gasteiger partial charge < -0.3 is 4.57 Å². The third-order valence-electron chi connectivity index (χ3n) is 2.43. The van der Waals surface area contributed by atoms with E-state index in [0.717, 1.165) is 5.56 Å². The maximum Gasteiger partial charge on any atom is 0.181 e. The molecule has 1 aromatic carbocycles. The van der Waals surface area contributed by atoms with E-state index in [1.807, 2.05) is 30.3 Å². The largest absolute Gasteiger partial charge is 0.302 e. The topological polar surface area (TPSA) is 17.8 Å². The highest BCUT2D eigenvalue weighted by atomic mass is 35.5. The maximum atomic E-state index is 14.0. The SMILES string of the molecule is FC(Cc1ccccc1)n1cncc1CCl. The van der Waals surface area contributed by atoms with Crippen LogP contribution in [0.25, 0.3) is 0 Å². The second kappa shape index (κ2) is 5.12. The van der Waals surface area contributed by atoms with E-state index in [1.54, 1.807) is 6.20 Å². The van der Waals surface area contributed by atoms with Gasteiger partial charge >= 0.3 is 0 Å². The monoisotopic (exact) mass is 238 g/mol. The van der Waals surface area contributed by atoms with E-state index in [0.29, 0.717) is 12.1 Å². The first-order chi connectivity index (χ1) is 7.81. The van der Waals surface area contributed by atoms with Gasteiger partial charge in [0, 0.05) is 12.6 Å². The molecule has 16 heavy (non-hydrogen) atoms. The zero-order chi connectivity index (χ0) is 11.4. The highest BCUT2D eigenvalue weighted by Gasteiger charge is 2.12. The molecule has 84 valence electrons. The Morgan fingerprint density at radius 1 is 1.31 bits per heavy atom. The van der Waals surface area contributed by atoms with Gasteiger partial charge in [-0.25, -0.2) is 9.37 Å². The summed E-state index contributed by atoms with van der Waals surface area (Å²) in [5, 5.41) is 0. The van der Waals surface area contributed by atoms with Gasteiger partial charge in [0.05, 0.1) is 17.9 Å². The first kappa shape index (κ1) is 11.1. The Hall–Kier alpha value is -1.35. The molecule has 0 bridgehead atoms. The Balaban J connectivity index is 2.11. The van der Waals surface area contributed by atoms with Crippen molar-refractivity contribution < 1.29 is 4.39 Å². The molecule has 0 aliphatic rings. The molecule has 2 aromatic rings. The molecule has 4 heteroatoms. The van der Waals surface area contributed by atoms with Crippen molar-refractivity contribution in [3.05, 3.63) is 54.1 Å². The van der Waals surface area contributed by atoms with Gasteiger partial charge in [-0.1, -0.05) is 30.3 Å². The van der Waals surface area contributed by atoms with Crippen LogP contribution in [0.15, 0.2) is 42.9 Å². The number of nitrogens with zero attached hydrogens (tertiary/aromatic N) is 2.